The molecule has 0 spiro atoms. The van der Waals surface area contributed by atoms with Gasteiger partial charge in [0.2, 0.25) is 11.8 Å². The van der Waals surface area contributed by atoms with Gasteiger partial charge in [-0.15, -0.1) is 0 Å². The number of rotatable bonds is 13. The predicted molar refractivity (Wildman–Crippen MR) is 151 cm³/mol. The molecule has 0 bridgehead atoms. The molecule has 1 aromatic heterocycles. The van der Waals surface area contributed by atoms with Gasteiger partial charge in [0, 0.05) is 26.1 Å². The average molecular weight is 516 g/mol. The van der Waals surface area contributed by atoms with Crippen LogP contribution in [0.15, 0.2) is 77.2 Å². The maximum atomic E-state index is 13.7. The molecule has 1 fully saturated rings. The van der Waals surface area contributed by atoms with Crippen LogP contribution in [0.2, 0.25) is 0 Å². The Morgan fingerprint density at radius 3 is 2.05 bits per heavy atom. The molecule has 0 N–H and O–H groups in total. The number of hydrogen-bond acceptors (Lipinski definition) is 4. The van der Waals surface area contributed by atoms with E-state index in [0.29, 0.717) is 32.5 Å². The second kappa shape index (κ2) is 14.5. The molecule has 6 heteroatoms. The summed E-state index contributed by atoms with van der Waals surface area (Å²) in [6, 6.07) is 24.1. The maximum Gasteiger partial charge on any atom is 0.242 e. The fraction of sp³-hybridized carbons (Fsp3) is 0.438. The normalized spacial score (nSPS) is 13.8. The Morgan fingerprint density at radius 1 is 0.763 bits per heavy atom. The first-order valence-electron chi connectivity index (χ1n) is 14.0. The van der Waals surface area contributed by atoms with Crippen LogP contribution in [-0.2, 0) is 29.0 Å². The molecule has 2 amide bonds. The molecule has 3 aromatic rings. The van der Waals surface area contributed by atoms with Gasteiger partial charge in [-0.25, -0.2) is 0 Å². The monoisotopic (exact) mass is 515 g/mol. The highest BCUT2D eigenvalue weighted by Gasteiger charge is 2.23. The lowest BCUT2D eigenvalue weighted by molar-refractivity contribution is -0.141. The van der Waals surface area contributed by atoms with Crippen molar-refractivity contribution in [2.24, 2.45) is 0 Å². The number of carbonyl (C=O) groups is 2. The van der Waals surface area contributed by atoms with Crippen LogP contribution in [0, 0.1) is 6.92 Å². The molecule has 0 unspecified atom stereocenters. The van der Waals surface area contributed by atoms with Gasteiger partial charge in [0.25, 0.3) is 0 Å². The number of piperidine rings is 1. The third kappa shape index (κ3) is 8.88. The van der Waals surface area contributed by atoms with E-state index in [0.717, 1.165) is 43.1 Å². The highest BCUT2D eigenvalue weighted by atomic mass is 16.3. The van der Waals surface area contributed by atoms with E-state index in [1.807, 2.05) is 72.5 Å². The molecule has 0 atom stereocenters. The minimum atomic E-state index is -0.0401. The molecule has 0 saturated carbocycles. The Hall–Kier alpha value is -3.38. The molecule has 0 aliphatic carbocycles. The molecule has 2 heterocycles. The summed E-state index contributed by atoms with van der Waals surface area (Å²) in [6.45, 7) is 6.50. The van der Waals surface area contributed by atoms with E-state index in [1.165, 1.54) is 24.8 Å². The SMILES string of the molecule is Cc1ccc(CN(CCc2ccccc2)C(=O)CN(CCN2CCCCC2)C(=O)CCc2ccccc2)o1. The van der Waals surface area contributed by atoms with Crippen molar-refractivity contribution in [2.45, 2.75) is 52.0 Å². The van der Waals surface area contributed by atoms with E-state index in [4.69, 9.17) is 4.42 Å². The topological polar surface area (TPSA) is 57.0 Å². The Balaban J connectivity index is 1.43. The van der Waals surface area contributed by atoms with Crippen molar-refractivity contribution < 1.29 is 14.0 Å². The summed E-state index contributed by atoms with van der Waals surface area (Å²) in [7, 11) is 0. The number of amides is 2. The molecule has 6 nitrogen and oxygen atoms in total. The Kier molecular flexibility index (Phi) is 10.6. The van der Waals surface area contributed by atoms with Gasteiger partial charge in [0.1, 0.15) is 11.5 Å². The van der Waals surface area contributed by atoms with Crippen molar-refractivity contribution in [3.05, 3.63) is 95.4 Å². The van der Waals surface area contributed by atoms with Crippen LogP contribution in [0.3, 0.4) is 0 Å². The Labute approximate surface area is 227 Å². The summed E-state index contributed by atoms with van der Waals surface area (Å²) in [5, 5.41) is 0. The van der Waals surface area contributed by atoms with Gasteiger partial charge < -0.3 is 19.1 Å². The van der Waals surface area contributed by atoms with E-state index in [1.54, 1.807) is 4.90 Å². The standard InChI is InChI=1S/C32H41N3O3/c1-27-15-17-30(38-27)25-34(22-19-29-13-7-3-8-14-29)32(37)26-35(24-23-33-20-9-4-10-21-33)31(36)18-16-28-11-5-2-6-12-28/h2-3,5-8,11-15,17H,4,9-10,16,18-26H2,1H3. The van der Waals surface area contributed by atoms with E-state index in [-0.39, 0.29) is 18.4 Å². The molecule has 38 heavy (non-hydrogen) atoms. The molecule has 4 rings (SSSR count). The number of aryl methyl sites for hydroxylation is 2. The van der Waals surface area contributed by atoms with Gasteiger partial charge in [-0.1, -0.05) is 67.1 Å². The Bertz CT molecular complexity index is 1120. The van der Waals surface area contributed by atoms with Gasteiger partial charge in [-0.05, 0) is 69.0 Å². The van der Waals surface area contributed by atoms with Crippen LogP contribution >= 0.6 is 0 Å². The fourth-order valence-electron chi connectivity index (χ4n) is 5.01. The minimum Gasteiger partial charge on any atom is -0.464 e. The van der Waals surface area contributed by atoms with E-state index in [2.05, 4.69) is 17.0 Å². The molecule has 1 aliphatic heterocycles. The zero-order valence-corrected chi connectivity index (χ0v) is 22.7. The maximum absolute atomic E-state index is 13.7. The van der Waals surface area contributed by atoms with Gasteiger partial charge in [0.05, 0.1) is 13.1 Å². The van der Waals surface area contributed by atoms with E-state index in [9.17, 15) is 9.59 Å². The quantitative estimate of drug-likeness (QED) is 0.318. The summed E-state index contributed by atoms with van der Waals surface area (Å²) in [5.41, 5.74) is 2.32. The molecular formula is C32H41N3O3. The van der Waals surface area contributed by atoms with Crippen molar-refractivity contribution in [2.75, 3.05) is 39.3 Å². The highest BCUT2D eigenvalue weighted by Crippen LogP contribution is 2.14. The van der Waals surface area contributed by atoms with E-state index >= 15 is 0 Å². The zero-order valence-electron chi connectivity index (χ0n) is 22.7. The molecule has 0 radical (unpaired) electrons. The minimum absolute atomic E-state index is 0.0380. The van der Waals surface area contributed by atoms with Crippen molar-refractivity contribution in [3.8, 4) is 0 Å². The Morgan fingerprint density at radius 2 is 1.42 bits per heavy atom. The number of furan rings is 1. The van der Waals surface area contributed by atoms with Crippen molar-refractivity contribution in [3.63, 3.8) is 0 Å². The van der Waals surface area contributed by atoms with Crippen molar-refractivity contribution in [1.29, 1.82) is 0 Å². The smallest absolute Gasteiger partial charge is 0.242 e. The number of benzene rings is 2. The third-order valence-electron chi connectivity index (χ3n) is 7.29. The van der Waals surface area contributed by atoms with Gasteiger partial charge in [0.15, 0.2) is 0 Å². The second-order valence-corrected chi connectivity index (χ2v) is 10.3. The lowest BCUT2D eigenvalue weighted by atomic mass is 10.1. The van der Waals surface area contributed by atoms with Gasteiger partial charge >= 0.3 is 0 Å². The van der Waals surface area contributed by atoms with Gasteiger partial charge in [-0.3, -0.25) is 9.59 Å². The summed E-state index contributed by atoms with van der Waals surface area (Å²) in [6.07, 6.45) is 5.52. The van der Waals surface area contributed by atoms with Crippen LogP contribution in [0.1, 0.15) is 48.3 Å². The number of carbonyl (C=O) groups excluding carboxylic acids is 2. The van der Waals surface area contributed by atoms with Crippen LogP contribution < -0.4 is 0 Å². The van der Waals surface area contributed by atoms with Crippen molar-refractivity contribution >= 4 is 11.8 Å². The average Bonchev–Trinajstić information content (AvgIpc) is 3.37. The second-order valence-electron chi connectivity index (χ2n) is 10.3. The lowest BCUT2D eigenvalue weighted by Crippen LogP contribution is -2.46. The largest absolute Gasteiger partial charge is 0.464 e. The van der Waals surface area contributed by atoms with Crippen LogP contribution in [0.4, 0.5) is 0 Å². The van der Waals surface area contributed by atoms with Crippen LogP contribution in [-0.4, -0.2) is 65.8 Å². The van der Waals surface area contributed by atoms with E-state index < -0.39 is 0 Å². The summed E-state index contributed by atoms with van der Waals surface area (Å²) >= 11 is 0. The molecular weight excluding hydrogens is 474 g/mol. The summed E-state index contributed by atoms with van der Waals surface area (Å²) in [4.78, 5) is 33.1. The number of nitrogens with zero attached hydrogens (tertiary/aromatic N) is 3. The first kappa shape index (κ1) is 27.6. The van der Waals surface area contributed by atoms with Crippen LogP contribution in [0.5, 0.6) is 0 Å². The highest BCUT2D eigenvalue weighted by molar-refractivity contribution is 5.85. The number of hydrogen-bond donors (Lipinski definition) is 0. The first-order valence-corrected chi connectivity index (χ1v) is 14.0. The molecule has 2 aromatic carbocycles. The van der Waals surface area contributed by atoms with Gasteiger partial charge in [-0.2, -0.15) is 0 Å². The first-order chi connectivity index (χ1) is 18.6. The van der Waals surface area contributed by atoms with Crippen LogP contribution in [0.25, 0.3) is 0 Å². The number of likely N-dealkylation sites (tertiary alicyclic amines) is 1. The summed E-state index contributed by atoms with van der Waals surface area (Å²) < 4.78 is 5.80. The predicted octanol–water partition coefficient (Wildman–Crippen LogP) is 5.11. The molecule has 1 aliphatic rings. The lowest BCUT2D eigenvalue weighted by Gasteiger charge is -2.31. The zero-order chi connectivity index (χ0) is 26.6. The van der Waals surface area contributed by atoms with Crippen molar-refractivity contribution in [1.82, 2.24) is 14.7 Å². The third-order valence-corrected chi connectivity index (χ3v) is 7.29. The molecule has 1 saturated heterocycles. The fourth-order valence-corrected chi connectivity index (χ4v) is 5.01. The summed E-state index contributed by atoms with van der Waals surface area (Å²) in [5.74, 6) is 1.59. The molecule has 202 valence electrons.